The molecule has 1 N–H and O–H groups in total. The summed E-state index contributed by atoms with van der Waals surface area (Å²) >= 11 is 0. The maximum absolute atomic E-state index is 11.5. The van der Waals surface area contributed by atoms with E-state index >= 15 is 0 Å². The number of rotatable bonds is 2. The van der Waals surface area contributed by atoms with E-state index in [9.17, 15) is 9.90 Å². The second kappa shape index (κ2) is 4.26. The topological polar surface area (TPSA) is 53.4 Å². The number of carbonyl (C=O) groups is 1. The number of carboxylic acids is 1. The number of hydrogen-bond acceptors (Lipinski definition) is 3. The molecule has 0 amide bonds. The average molecular weight is 248 g/mol. The first-order chi connectivity index (χ1) is 8.33. The fourth-order valence-electron chi connectivity index (χ4n) is 2.84. The van der Waals surface area contributed by atoms with Crippen LogP contribution in [0.15, 0.2) is 6.07 Å². The van der Waals surface area contributed by atoms with Crippen molar-refractivity contribution in [2.24, 2.45) is 0 Å². The van der Waals surface area contributed by atoms with Crippen LogP contribution in [0, 0.1) is 13.8 Å². The molecule has 1 aromatic rings. The highest BCUT2D eigenvalue weighted by molar-refractivity contribution is 5.96. The molecule has 2 rings (SSSR count). The fourth-order valence-corrected chi connectivity index (χ4v) is 2.84. The molecule has 1 saturated heterocycles. The molecule has 1 aliphatic rings. The summed E-state index contributed by atoms with van der Waals surface area (Å²) in [7, 11) is 0. The largest absolute Gasteiger partial charge is 0.478 e. The van der Waals surface area contributed by atoms with Gasteiger partial charge in [-0.05, 0) is 46.6 Å². The van der Waals surface area contributed by atoms with Crippen LogP contribution in [0.5, 0.6) is 0 Å². The zero-order valence-electron chi connectivity index (χ0n) is 11.4. The Morgan fingerprint density at radius 3 is 2.61 bits per heavy atom. The Morgan fingerprint density at radius 1 is 1.44 bits per heavy atom. The first-order valence-corrected chi connectivity index (χ1v) is 6.32. The zero-order chi connectivity index (χ0) is 13.5. The molecular formula is C14H20N2O2. The summed E-state index contributed by atoms with van der Waals surface area (Å²) in [6.45, 7) is 8.91. The maximum Gasteiger partial charge on any atom is 0.339 e. The van der Waals surface area contributed by atoms with Gasteiger partial charge in [0.1, 0.15) is 5.56 Å². The number of aryl methyl sites for hydroxylation is 2. The number of anilines is 1. The second-order valence-electron chi connectivity index (χ2n) is 5.62. The lowest BCUT2D eigenvalue weighted by molar-refractivity contribution is 0.0696. The normalized spacial score (nSPS) is 18.1. The van der Waals surface area contributed by atoms with Crippen LogP contribution in [0.3, 0.4) is 0 Å². The first kappa shape index (κ1) is 12.9. The molecule has 0 saturated carbocycles. The van der Waals surface area contributed by atoms with E-state index in [1.54, 1.807) is 6.92 Å². The summed E-state index contributed by atoms with van der Waals surface area (Å²) in [5.41, 5.74) is 2.64. The van der Waals surface area contributed by atoms with Gasteiger partial charge in [-0.15, -0.1) is 0 Å². The first-order valence-electron chi connectivity index (χ1n) is 6.32. The predicted molar refractivity (Wildman–Crippen MR) is 71.3 cm³/mol. The van der Waals surface area contributed by atoms with Gasteiger partial charge in [0.25, 0.3) is 0 Å². The van der Waals surface area contributed by atoms with E-state index in [0.29, 0.717) is 11.3 Å². The number of nitrogens with zero attached hydrogens (tertiary/aromatic N) is 2. The van der Waals surface area contributed by atoms with Crippen molar-refractivity contribution in [3.05, 3.63) is 23.0 Å². The molecule has 0 aliphatic carbocycles. The average Bonchev–Trinajstić information content (AvgIpc) is 2.55. The number of carboxylic acid groups (broad SMARTS) is 1. The molecule has 4 heteroatoms. The summed E-state index contributed by atoms with van der Waals surface area (Å²) in [6, 6.07) is 1.89. The summed E-state index contributed by atoms with van der Waals surface area (Å²) in [5.74, 6) is -0.891. The van der Waals surface area contributed by atoms with Gasteiger partial charge in [-0.3, -0.25) is 4.98 Å². The van der Waals surface area contributed by atoms with Crippen LogP contribution in [0.1, 0.15) is 48.4 Å². The number of pyridine rings is 1. The number of aromatic carboxylic acids is 1. The predicted octanol–water partition coefficient (Wildman–Crippen LogP) is 2.78. The molecule has 1 aromatic heterocycles. The van der Waals surface area contributed by atoms with Crippen LogP contribution in [-0.2, 0) is 0 Å². The molecule has 1 aliphatic heterocycles. The van der Waals surface area contributed by atoms with Gasteiger partial charge in [0.2, 0.25) is 0 Å². The van der Waals surface area contributed by atoms with E-state index in [0.717, 1.165) is 30.8 Å². The minimum absolute atomic E-state index is 0.0183. The van der Waals surface area contributed by atoms with Gasteiger partial charge in [-0.1, -0.05) is 0 Å². The Labute approximate surface area is 108 Å². The van der Waals surface area contributed by atoms with Gasteiger partial charge < -0.3 is 10.0 Å². The molecule has 0 aromatic carbocycles. The quantitative estimate of drug-likeness (QED) is 0.874. The highest BCUT2D eigenvalue weighted by Gasteiger charge is 2.34. The Balaban J connectivity index is 2.59. The van der Waals surface area contributed by atoms with Crippen LogP contribution in [-0.4, -0.2) is 28.1 Å². The van der Waals surface area contributed by atoms with Gasteiger partial charge in [-0.2, -0.15) is 0 Å². The number of hydrogen-bond donors (Lipinski definition) is 1. The number of aromatic nitrogens is 1. The van der Waals surface area contributed by atoms with E-state index in [1.807, 2.05) is 13.0 Å². The van der Waals surface area contributed by atoms with E-state index < -0.39 is 5.97 Å². The zero-order valence-corrected chi connectivity index (χ0v) is 11.4. The van der Waals surface area contributed by atoms with Crippen molar-refractivity contribution in [1.82, 2.24) is 4.98 Å². The summed E-state index contributed by atoms with van der Waals surface area (Å²) in [6.07, 6.45) is 2.19. The lowest BCUT2D eigenvalue weighted by atomic mass is 10.00. The molecule has 1 fully saturated rings. The molecule has 4 nitrogen and oxygen atoms in total. The third kappa shape index (κ3) is 2.07. The van der Waals surface area contributed by atoms with E-state index in [2.05, 4.69) is 23.7 Å². The fraction of sp³-hybridized carbons (Fsp3) is 0.571. The Hall–Kier alpha value is -1.58. The summed E-state index contributed by atoms with van der Waals surface area (Å²) in [5, 5.41) is 9.40. The molecule has 2 heterocycles. The van der Waals surface area contributed by atoms with Crippen molar-refractivity contribution >= 4 is 11.7 Å². The van der Waals surface area contributed by atoms with E-state index in [4.69, 9.17) is 0 Å². The van der Waals surface area contributed by atoms with Gasteiger partial charge in [0.05, 0.1) is 11.4 Å². The molecule has 0 spiro atoms. The SMILES string of the molecule is Cc1cc(N2CCCC2(C)C)c(C(=O)O)c(C)n1. The summed E-state index contributed by atoms with van der Waals surface area (Å²) < 4.78 is 0. The minimum atomic E-state index is -0.891. The lowest BCUT2D eigenvalue weighted by Gasteiger charge is -2.35. The third-order valence-corrected chi connectivity index (χ3v) is 3.71. The van der Waals surface area contributed by atoms with Crippen molar-refractivity contribution in [1.29, 1.82) is 0 Å². The highest BCUT2D eigenvalue weighted by Crippen LogP contribution is 2.36. The van der Waals surface area contributed by atoms with Crippen molar-refractivity contribution in [3.8, 4) is 0 Å². The van der Waals surface area contributed by atoms with Gasteiger partial charge in [0, 0.05) is 17.8 Å². The smallest absolute Gasteiger partial charge is 0.339 e. The monoisotopic (exact) mass is 248 g/mol. The molecule has 98 valence electrons. The lowest BCUT2D eigenvalue weighted by Crippen LogP contribution is -2.39. The van der Waals surface area contributed by atoms with Crippen molar-refractivity contribution in [3.63, 3.8) is 0 Å². The van der Waals surface area contributed by atoms with Crippen LogP contribution in [0.2, 0.25) is 0 Å². The van der Waals surface area contributed by atoms with Crippen LogP contribution >= 0.6 is 0 Å². The Morgan fingerprint density at radius 2 is 2.11 bits per heavy atom. The van der Waals surface area contributed by atoms with Crippen molar-refractivity contribution < 1.29 is 9.90 Å². The standard InChI is InChI=1S/C14H20N2O2/c1-9-8-11(12(13(17)18)10(2)15-9)16-7-5-6-14(16,3)4/h8H,5-7H2,1-4H3,(H,17,18). The van der Waals surface area contributed by atoms with E-state index in [-0.39, 0.29) is 5.54 Å². The van der Waals surface area contributed by atoms with Crippen LogP contribution in [0.25, 0.3) is 0 Å². The molecule has 0 radical (unpaired) electrons. The second-order valence-corrected chi connectivity index (χ2v) is 5.62. The highest BCUT2D eigenvalue weighted by atomic mass is 16.4. The van der Waals surface area contributed by atoms with Gasteiger partial charge >= 0.3 is 5.97 Å². The molecule has 0 unspecified atom stereocenters. The molecule has 0 bridgehead atoms. The molecule has 0 atom stereocenters. The maximum atomic E-state index is 11.5. The van der Waals surface area contributed by atoms with Crippen LogP contribution in [0.4, 0.5) is 5.69 Å². The van der Waals surface area contributed by atoms with Gasteiger partial charge in [-0.25, -0.2) is 4.79 Å². The summed E-state index contributed by atoms with van der Waals surface area (Å²) in [4.78, 5) is 17.9. The van der Waals surface area contributed by atoms with Gasteiger partial charge in [0.15, 0.2) is 0 Å². The Kier molecular flexibility index (Phi) is 3.05. The minimum Gasteiger partial charge on any atom is -0.478 e. The molecule has 18 heavy (non-hydrogen) atoms. The molecular weight excluding hydrogens is 228 g/mol. The van der Waals surface area contributed by atoms with E-state index in [1.165, 1.54) is 0 Å². The Bertz CT molecular complexity index is 495. The van der Waals surface area contributed by atoms with Crippen molar-refractivity contribution in [2.45, 2.75) is 46.1 Å². The van der Waals surface area contributed by atoms with Crippen molar-refractivity contribution in [2.75, 3.05) is 11.4 Å². The van der Waals surface area contributed by atoms with Crippen LogP contribution < -0.4 is 4.90 Å². The third-order valence-electron chi connectivity index (χ3n) is 3.71.